The third kappa shape index (κ3) is 2.84. The predicted octanol–water partition coefficient (Wildman–Crippen LogP) is 3.65. The number of aromatic carboxylic acids is 1. The van der Waals surface area contributed by atoms with E-state index in [0.717, 1.165) is 40.9 Å². The van der Waals surface area contributed by atoms with Crippen molar-refractivity contribution in [3.63, 3.8) is 0 Å². The Hall–Kier alpha value is -2.47. The molecular weight excluding hydrogens is 348 g/mol. The number of carboxylic acid groups (broad SMARTS) is 1. The first kappa shape index (κ1) is 17.0. The van der Waals surface area contributed by atoms with E-state index in [9.17, 15) is 14.7 Å². The minimum atomic E-state index is -0.963. The van der Waals surface area contributed by atoms with Gasteiger partial charge in [0.15, 0.2) is 0 Å². The third-order valence-corrected chi connectivity index (χ3v) is 6.17. The second-order valence-electron chi connectivity index (χ2n) is 6.67. The van der Waals surface area contributed by atoms with E-state index in [0.29, 0.717) is 13.0 Å². The van der Waals surface area contributed by atoms with E-state index in [4.69, 9.17) is 4.98 Å². The zero-order valence-corrected chi connectivity index (χ0v) is 15.4. The first-order valence-electron chi connectivity index (χ1n) is 8.94. The Labute approximate surface area is 154 Å². The van der Waals surface area contributed by atoms with Gasteiger partial charge in [-0.1, -0.05) is 19.1 Å². The second kappa shape index (κ2) is 6.68. The lowest BCUT2D eigenvalue weighted by Crippen LogP contribution is -2.26. The molecule has 26 heavy (non-hydrogen) atoms. The smallest absolute Gasteiger partial charge is 0.335 e. The molecule has 0 saturated carbocycles. The van der Waals surface area contributed by atoms with Crippen molar-refractivity contribution in [2.45, 2.75) is 45.6 Å². The molecule has 0 fully saturated rings. The van der Waals surface area contributed by atoms with Crippen molar-refractivity contribution in [1.29, 1.82) is 0 Å². The molecule has 0 unspecified atom stereocenters. The van der Waals surface area contributed by atoms with Crippen molar-refractivity contribution >= 4 is 27.5 Å². The van der Waals surface area contributed by atoms with Gasteiger partial charge in [0.25, 0.3) is 5.56 Å². The fourth-order valence-corrected chi connectivity index (χ4v) is 4.97. The van der Waals surface area contributed by atoms with Gasteiger partial charge < -0.3 is 5.11 Å². The van der Waals surface area contributed by atoms with Crippen LogP contribution in [0.3, 0.4) is 0 Å². The molecule has 1 aliphatic carbocycles. The van der Waals surface area contributed by atoms with Crippen LogP contribution in [0.4, 0.5) is 0 Å². The minimum Gasteiger partial charge on any atom is -0.478 e. The van der Waals surface area contributed by atoms with E-state index in [1.807, 2.05) is 13.0 Å². The standard InChI is InChI=1S/C20H20N2O3S/c1-2-16-21-18-17(14-8-3-4-9-15(14)26-18)19(23)22(16)11-12-6-5-7-13(10-12)20(24)25/h5-7,10H,2-4,8-9,11H2,1H3,(H,24,25). The molecule has 0 atom stereocenters. The third-order valence-electron chi connectivity index (χ3n) is 4.98. The van der Waals surface area contributed by atoms with Crippen molar-refractivity contribution in [3.05, 3.63) is 62.0 Å². The number of fused-ring (bicyclic) bond motifs is 3. The monoisotopic (exact) mass is 368 g/mol. The Morgan fingerprint density at radius 1 is 1.31 bits per heavy atom. The molecule has 0 saturated heterocycles. The van der Waals surface area contributed by atoms with Crippen molar-refractivity contribution in [2.24, 2.45) is 0 Å². The van der Waals surface area contributed by atoms with Gasteiger partial charge in [0.05, 0.1) is 17.5 Å². The van der Waals surface area contributed by atoms with Gasteiger partial charge in [0.1, 0.15) is 10.7 Å². The number of carbonyl (C=O) groups is 1. The average molecular weight is 368 g/mol. The van der Waals surface area contributed by atoms with E-state index in [1.165, 1.54) is 16.9 Å². The number of benzene rings is 1. The summed E-state index contributed by atoms with van der Waals surface area (Å²) < 4.78 is 1.71. The highest BCUT2D eigenvalue weighted by Crippen LogP contribution is 2.33. The summed E-state index contributed by atoms with van der Waals surface area (Å²) in [6, 6.07) is 6.76. The molecule has 0 radical (unpaired) electrons. The molecule has 4 rings (SSSR count). The van der Waals surface area contributed by atoms with Crippen LogP contribution in [-0.2, 0) is 25.8 Å². The van der Waals surface area contributed by atoms with Gasteiger partial charge in [-0.15, -0.1) is 11.3 Å². The number of aryl methyl sites for hydroxylation is 3. The highest BCUT2D eigenvalue weighted by molar-refractivity contribution is 7.18. The summed E-state index contributed by atoms with van der Waals surface area (Å²) in [4.78, 5) is 31.4. The molecule has 1 aromatic carbocycles. The van der Waals surface area contributed by atoms with Crippen LogP contribution < -0.4 is 5.56 Å². The maximum atomic E-state index is 13.3. The normalized spacial score (nSPS) is 13.7. The van der Waals surface area contributed by atoms with Crippen molar-refractivity contribution < 1.29 is 9.90 Å². The summed E-state index contributed by atoms with van der Waals surface area (Å²) in [7, 11) is 0. The Bertz CT molecular complexity index is 1060. The fraction of sp³-hybridized carbons (Fsp3) is 0.350. The zero-order valence-electron chi connectivity index (χ0n) is 14.6. The van der Waals surface area contributed by atoms with Gasteiger partial charge in [0, 0.05) is 11.3 Å². The Balaban J connectivity index is 1.86. The van der Waals surface area contributed by atoms with E-state index >= 15 is 0 Å². The SMILES string of the molecule is CCc1nc2sc3c(c2c(=O)n1Cc1cccc(C(=O)O)c1)CCCC3. The van der Waals surface area contributed by atoms with Crippen molar-refractivity contribution in [3.8, 4) is 0 Å². The molecule has 0 bridgehead atoms. The van der Waals surface area contributed by atoms with Crippen LogP contribution in [0.25, 0.3) is 10.2 Å². The molecule has 2 aromatic heterocycles. The highest BCUT2D eigenvalue weighted by atomic mass is 32.1. The van der Waals surface area contributed by atoms with E-state index in [-0.39, 0.29) is 11.1 Å². The number of thiophene rings is 1. The summed E-state index contributed by atoms with van der Waals surface area (Å²) in [5, 5.41) is 9.97. The summed E-state index contributed by atoms with van der Waals surface area (Å²) in [5.74, 6) is -0.211. The highest BCUT2D eigenvalue weighted by Gasteiger charge is 2.21. The zero-order chi connectivity index (χ0) is 18.3. The van der Waals surface area contributed by atoms with Gasteiger partial charge in [-0.05, 0) is 48.9 Å². The van der Waals surface area contributed by atoms with Crippen LogP contribution in [-0.4, -0.2) is 20.6 Å². The quantitative estimate of drug-likeness (QED) is 0.763. The number of nitrogens with zero attached hydrogens (tertiary/aromatic N) is 2. The Morgan fingerprint density at radius 3 is 2.88 bits per heavy atom. The molecule has 6 heteroatoms. The summed E-state index contributed by atoms with van der Waals surface area (Å²) >= 11 is 1.66. The number of carboxylic acids is 1. The lowest BCUT2D eigenvalue weighted by molar-refractivity contribution is 0.0696. The molecule has 3 aromatic rings. The van der Waals surface area contributed by atoms with Crippen molar-refractivity contribution in [2.75, 3.05) is 0 Å². The Kier molecular flexibility index (Phi) is 4.36. The van der Waals surface area contributed by atoms with Gasteiger partial charge in [-0.2, -0.15) is 0 Å². The maximum absolute atomic E-state index is 13.3. The largest absolute Gasteiger partial charge is 0.478 e. The van der Waals surface area contributed by atoms with Crippen LogP contribution in [0, 0.1) is 0 Å². The molecule has 0 aliphatic heterocycles. The Morgan fingerprint density at radius 2 is 2.12 bits per heavy atom. The lowest BCUT2D eigenvalue weighted by Gasteiger charge is -2.13. The number of hydrogen-bond acceptors (Lipinski definition) is 4. The van der Waals surface area contributed by atoms with Crippen molar-refractivity contribution in [1.82, 2.24) is 9.55 Å². The molecule has 1 aliphatic rings. The summed E-state index contributed by atoms with van der Waals surface area (Å²) in [6.07, 6.45) is 4.95. The van der Waals surface area contributed by atoms with E-state index in [1.54, 1.807) is 34.1 Å². The van der Waals surface area contributed by atoms with Gasteiger partial charge in [0.2, 0.25) is 0 Å². The number of hydrogen-bond donors (Lipinski definition) is 1. The van der Waals surface area contributed by atoms with Crippen LogP contribution in [0.5, 0.6) is 0 Å². The molecule has 0 amide bonds. The molecule has 5 nitrogen and oxygen atoms in total. The molecular formula is C20H20N2O3S. The second-order valence-corrected chi connectivity index (χ2v) is 7.75. The van der Waals surface area contributed by atoms with Crippen LogP contribution in [0.1, 0.15) is 52.0 Å². The molecule has 2 heterocycles. The van der Waals surface area contributed by atoms with Crippen LogP contribution in [0.15, 0.2) is 29.1 Å². The molecule has 134 valence electrons. The van der Waals surface area contributed by atoms with E-state index < -0.39 is 5.97 Å². The topological polar surface area (TPSA) is 72.2 Å². The van der Waals surface area contributed by atoms with Gasteiger partial charge in [-0.3, -0.25) is 9.36 Å². The van der Waals surface area contributed by atoms with Gasteiger partial charge >= 0.3 is 5.97 Å². The first-order valence-corrected chi connectivity index (χ1v) is 9.76. The van der Waals surface area contributed by atoms with E-state index in [2.05, 4.69) is 0 Å². The lowest BCUT2D eigenvalue weighted by atomic mass is 9.97. The molecule has 1 N–H and O–H groups in total. The first-order chi connectivity index (χ1) is 12.6. The number of aromatic nitrogens is 2. The average Bonchev–Trinajstić information content (AvgIpc) is 3.02. The number of rotatable bonds is 4. The fourth-order valence-electron chi connectivity index (χ4n) is 3.70. The van der Waals surface area contributed by atoms with Gasteiger partial charge in [-0.25, -0.2) is 9.78 Å². The predicted molar refractivity (Wildman–Crippen MR) is 102 cm³/mol. The maximum Gasteiger partial charge on any atom is 0.335 e. The van der Waals surface area contributed by atoms with Crippen LogP contribution in [0.2, 0.25) is 0 Å². The summed E-state index contributed by atoms with van der Waals surface area (Å²) in [5.41, 5.74) is 2.22. The molecule has 0 spiro atoms. The minimum absolute atomic E-state index is 0.00646. The van der Waals surface area contributed by atoms with Crippen LogP contribution >= 0.6 is 11.3 Å². The summed E-state index contributed by atoms with van der Waals surface area (Å²) in [6.45, 7) is 2.34.